The van der Waals surface area contributed by atoms with Gasteiger partial charge in [-0.05, 0) is 116 Å². The Bertz CT molecular complexity index is 1390. The van der Waals surface area contributed by atoms with E-state index in [-0.39, 0.29) is 31.1 Å². The molecule has 0 fully saturated rings. The fourth-order valence-electron chi connectivity index (χ4n) is 9.24. The van der Waals surface area contributed by atoms with Crippen LogP contribution in [0.5, 0.6) is 0 Å². The van der Waals surface area contributed by atoms with Crippen molar-refractivity contribution in [1.82, 2.24) is 0 Å². The minimum Gasteiger partial charge on any atom is -0.462 e. The summed E-state index contributed by atoms with van der Waals surface area (Å²) in [5.41, 5.74) is 0. The van der Waals surface area contributed by atoms with Crippen LogP contribution in [0, 0.1) is 0 Å². The Kier molecular flexibility index (Phi) is 60.7. The van der Waals surface area contributed by atoms with Crippen LogP contribution in [0.4, 0.5) is 0 Å². The van der Waals surface area contributed by atoms with Crippen LogP contribution in [0.1, 0.15) is 329 Å². The van der Waals surface area contributed by atoms with Crippen LogP contribution in [0.3, 0.4) is 0 Å². The van der Waals surface area contributed by atoms with Gasteiger partial charge in [0.1, 0.15) is 13.2 Å². The van der Waals surface area contributed by atoms with E-state index in [1.165, 1.54) is 180 Å². The van der Waals surface area contributed by atoms with Gasteiger partial charge in [0.05, 0.1) is 0 Å². The van der Waals surface area contributed by atoms with E-state index in [2.05, 4.69) is 93.7 Å². The SMILES string of the molecule is CCCCCC/C=C\C/C=C\CCCCCCCC(=O)OCC(COC(=O)CCCCCCCCCCCCCCC/C=C\C/C=C\CCCCCCC)OC(=O)CCCCCCC/C=C\C/C=C\CCCCCC. The standard InChI is InChI=1S/C69H122O6/c1-4-7-10-13-16-19-22-25-28-31-32-33-34-35-36-37-38-39-42-44-47-50-53-56-59-62-68(71)74-65-66(75-69(72)63-60-57-54-51-48-45-41-30-27-24-21-18-15-12-9-6-3)64-73-67(70)61-58-55-52-49-46-43-40-29-26-23-20-17-14-11-8-5-2/h20-25,29-32,40-41,66H,4-19,26-28,33-39,42-65H2,1-3H3/b23-20-,24-21-,25-22-,32-31-,40-29-,41-30-. The number of unbranched alkanes of at least 4 members (excludes halogenated alkanes) is 36. The van der Waals surface area contributed by atoms with Gasteiger partial charge in [-0.1, -0.05) is 267 Å². The van der Waals surface area contributed by atoms with Crippen LogP contribution < -0.4 is 0 Å². The molecule has 0 N–H and O–H groups in total. The molecule has 0 spiro atoms. The van der Waals surface area contributed by atoms with Crippen molar-refractivity contribution in [2.45, 2.75) is 335 Å². The molecule has 0 bridgehead atoms. The lowest BCUT2D eigenvalue weighted by molar-refractivity contribution is -0.167. The maximum atomic E-state index is 12.9. The van der Waals surface area contributed by atoms with Gasteiger partial charge in [0.2, 0.25) is 0 Å². The molecule has 0 amide bonds. The second-order valence-electron chi connectivity index (χ2n) is 21.7. The minimum atomic E-state index is -0.790. The third-order valence-electron chi connectivity index (χ3n) is 14.2. The first-order chi connectivity index (χ1) is 37.0. The largest absolute Gasteiger partial charge is 0.462 e. The molecule has 0 aromatic carbocycles. The normalized spacial score (nSPS) is 12.5. The maximum Gasteiger partial charge on any atom is 0.306 e. The Morgan fingerprint density at radius 3 is 0.747 bits per heavy atom. The van der Waals surface area contributed by atoms with Gasteiger partial charge in [-0.2, -0.15) is 0 Å². The summed E-state index contributed by atoms with van der Waals surface area (Å²) in [6, 6.07) is 0. The molecule has 434 valence electrons. The van der Waals surface area contributed by atoms with E-state index in [0.717, 1.165) is 109 Å². The molecule has 0 saturated carbocycles. The quantitative estimate of drug-likeness (QED) is 0.0261. The highest BCUT2D eigenvalue weighted by molar-refractivity contribution is 5.71. The van der Waals surface area contributed by atoms with Crippen LogP contribution in [-0.4, -0.2) is 37.2 Å². The van der Waals surface area contributed by atoms with E-state index in [1.807, 2.05) is 0 Å². The summed E-state index contributed by atoms with van der Waals surface area (Å²) >= 11 is 0. The van der Waals surface area contributed by atoms with Crippen LogP contribution in [-0.2, 0) is 28.6 Å². The van der Waals surface area contributed by atoms with Crippen molar-refractivity contribution in [3.8, 4) is 0 Å². The van der Waals surface area contributed by atoms with E-state index in [0.29, 0.717) is 19.3 Å². The Hall–Kier alpha value is -3.15. The van der Waals surface area contributed by atoms with Crippen molar-refractivity contribution in [3.05, 3.63) is 72.9 Å². The first kappa shape index (κ1) is 71.8. The van der Waals surface area contributed by atoms with Crippen molar-refractivity contribution in [2.24, 2.45) is 0 Å². The average molecular weight is 1050 g/mol. The zero-order chi connectivity index (χ0) is 54.3. The first-order valence-electron chi connectivity index (χ1n) is 32.4. The Morgan fingerprint density at radius 2 is 0.480 bits per heavy atom. The highest BCUT2D eigenvalue weighted by Gasteiger charge is 2.19. The van der Waals surface area contributed by atoms with Gasteiger partial charge >= 0.3 is 17.9 Å². The highest BCUT2D eigenvalue weighted by atomic mass is 16.6. The Labute approximate surface area is 465 Å². The summed E-state index contributed by atoms with van der Waals surface area (Å²) in [6.07, 6.45) is 81.9. The van der Waals surface area contributed by atoms with E-state index in [9.17, 15) is 14.4 Å². The van der Waals surface area contributed by atoms with E-state index < -0.39 is 6.10 Å². The number of hydrogen-bond acceptors (Lipinski definition) is 6. The molecule has 1 unspecified atom stereocenters. The molecule has 0 aliphatic heterocycles. The van der Waals surface area contributed by atoms with Crippen molar-refractivity contribution in [1.29, 1.82) is 0 Å². The second kappa shape index (κ2) is 63.4. The molecule has 0 rings (SSSR count). The van der Waals surface area contributed by atoms with Crippen molar-refractivity contribution < 1.29 is 28.6 Å². The zero-order valence-electron chi connectivity index (χ0n) is 49.8. The maximum absolute atomic E-state index is 12.9. The lowest BCUT2D eigenvalue weighted by atomic mass is 10.0. The number of carbonyl (C=O) groups excluding carboxylic acids is 3. The molecule has 0 aliphatic rings. The van der Waals surface area contributed by atoms with Gasteiger partial charge in [0.25, 0.3) is 0 Å². The van der Waals surface area contributed by atoms with Gasteiger partial charge in [0, 0.05) is 19.3 Å². The molecule has 0 aromatic heterocycles. The predicted molar refractivity (Wildman–Crippen MR) is 325 cm³/mol. The van der Waals surface area contributed by atoms with Gasteiger partial charge in [0.15, 0.2) is 6.10 Å². The van der Waals surface area contributed by atoms with E-state index in [1.54, 1.807) is 0 Å². The molecule has 1 atom stereocenters. The zero-order valence-corrected chi connectivity index (χ0v) is 49.8. The fraction of sp³-hybridized carbons (Fsp3) is 0.783. The summed E-state index contributed by atoms with van der Waals surface area (Å²) in [4.78, 5) is 38.3. The highest BCUT2D eigenvalue weighted by Crippen LogP contribution is 2.16. The summed E-state index contributed by atoms with van der Waals surface area (Å²) in [7, 11) is 0. The van der Waals surface area contributed by atoms with Crippen LogP contribution in [0.25, 0.3) is 0 Å². The van der Waals surface area contributed by atoms with Crippen molar-refractivity contribution >= 4 is 17.9 Å². The average Bonchev–Trinajstić information content (AvgIpc) is 3.41. The van der Waals surface area contributed by atoms with E-state index in [4.69, 9.17) is 14.2 Å². The van der Waals surface area contributed by atoms with Gasteiger partial charge < -0.3 is 14.2 Å². The fourth-order valence-corrected chi connectivity index (χ4v) is 9.24. The molecule has 75 heavy (non-hydrogen) atoms. The van der Waals surface area contributed by atoms with Gasteiger partial charge in [-0.15, -0.1) is 0 Å². The number of hydrogen-bond donors (Lipinski definition) is 0. The van der Waals surface area contributed by atoms with Crippen LogP contribution >= 0.6 is 0 Å². The third-order valence-corrected chi connectivity index (χ3v) is 14.2. The summed E-state index contributed by atoms with van der Waals surface area (Å²) < 4.78 is 16.9. The number of carbonyl (C=O) groups is 3. The molecule has 0 radical (unpaired) electrons. The summed E-state index contributed by atoms with van der Waals surface area (Å²) in [5, 5.41) is 0. The number of allylic oxidation sites excluding steroid dienone is 12. The minimum absolute atomic E-state index is 0.0846. The predicted octanol–water partition coefficient (Wildman–Crippen LogP) is 22.1. The molecule has 6 nitrogen and oxygen atoms in total. The summed E-state index contributed by atoms with van der Waals surface area (Å²) in [5.74, 6) is -0.899. The molecule has 0 saturated heterocycles. The molecule has 0 heterocycles. The van der Waals surface area contributed by atoms with Crippen LogP contribution in [0.15, 0.2) is 72.9 Å². The summed E-state index contributed by atoms with van der Waals surface area (Å²) in [6.45, 7) is 6.61. The molecule has 0 aromatic rings. The van der Waals surface area contributed by atoms with Crippen molar-refractivity contribution in [3.63, 3.8) is 0 Å². The Balaban J connectivity index is 4.33. The smallest absolute Gasteiger partial charge is 0.306 e. The number of esters is 3. The van der Waals surface area contributed by atoms with Gasteiger partial charge in [-0.3, -0.25) is 14.4 Å². The van der Waals surface area contributed by atoms with Crippen molar-refractivity contribution in [2.75, 3.05) is 13.2 Å². The second-order valence-corrected chi connectivity index (χ2v) is 21.7. The Morgan fingerprint density at radius 1 is 0.267 bits per heavy atom. The van der Waals surface area contributed by atoms with Crippen LogP contribution in [0.2, 0.25) is 0 Å². The first-order valence-corrected chi connectivity index (χ1v) is 32.4. The van der Waals surface area contributed by atoms with E-state index >= 15 is 0 Å². The molecular weight excluding hydrogens is 925 g/mol. The molecule has 6 heteroatoms. The third kappa shape index (κ3) is 61.6. The topological polar surface area (TPSA) is 78.9 Å². The number of rotatable bonds is 59. The lowest BCUT2D eigenvalue weighted by Crippen LogP contribution is -2.30. The lowest BCUT2D eigenvalue weighted by Gasteiger charge is -2.18. The monoisotopic (exact) mass is 1050 g/mol. The van der Waals surface area contributed by atoms with Gasteiger partial charge in [-0.25, -0.2) is 0 Å². The molecular formula is C69H122O6. The number of ether oxygens (including phenoxy) is 3. The molecule has 0 aliphatic carbocycles.